The number of halogens is 2. The number of carbonyl (C=O) groups excluding carboxylic acids is 3. The highest BCUT2D eigenvalue weighted by molar-refractivity contribution is 6.50. The number of amides is 1. The molecule has 104 valence electrons. The molecule has 0 saturated carbocycles. The Bertz CT molecular complexity index is 650. The van der Waals surface area contributed by atoms with E-state index in [0.717, 1.165) is 4.90 Å². The van der Waals surface area contributed by atoms with Gasteiger partial charge in [0.25, 0.3) is 0 Å². The molecule has 0 fully saturated rings. The zero-order valence-corrected chi connectivity index (χ0v) is 12.3. The second kappa shape index (κ2) is 5.38. The van der Waals surface area contributed by atoms with E-state index in [4.69, 9.17) is 23.2 Å². The van der Waals surface area contributed by atoms with Crippen LogP contribution in [0.25, 0.3) is 0 Å². The normalized spacial score (nSPS) is 16.0. The summed E-state index contributed by atoms with van der Waals surface area (Å²) in [5, 5.41) is -1.08. The number of benzene rings is 1. The lowest BCUT2D eigenvalue weighted by atomic mass is 9.92. The number of allylic oxidation sites excluding steroid dienone is 2. The SMILES string of the molecule is CC(Cl)C(=O)N(C)C1=C(Cl)C(=O)c2ccccc2C1=O. The zero-order chi connectivity index (χ0) is 15.0. The lowest BCUT2D eigenvalue weighted by Gasteiger charge is -2.25. The average molecular weight is 312 g/mol. The van der Waals surface area contributed by atoms with Crippen molar-refractivity contribution in [1.29, 1.82) is 0 Å². The van der Waals surface area contributed by atoms with Crippen molar-refractivity contribution in [2.45, 2.75) is 12.3 Å². The maximum Gasteiger partial charge on any atom is 0.244 e. The average Bonchev–Trinajstić information content (AvgIpc) is 2.44. The van der Waals surface area contributed by atoms with Crippen molar-refractivity contribution in [3.63, 3.8) is 0 Å². The number of likely N-dealkylation sites (N-methyl/N-ethyl adjacent to an activating group) is 1. The van der Waals surface area contributed by atoms with Gasteiger partial charge >= 0.3 is 0 Å². The molecule has 0 bridgehead atoms. The summed E-state index contributed by atoms with van der Waals surface area (Å²) >= 11 is 11.7. The Balaban J connectivity index is 2.55. The number of rotatable bonds is 2. The summed E-state index contributed by atoms with van der Waals surface area (Å²) in [4.78, 5) is 37.5. The first-order chi connectivity index (χ1) is 9.36. The van der Waals surface area contributed by atoms with Gasteiger partial charge in [-0.25, -0.2) is 0 Å². The minimum atomic E-state index is -0.822. The van der Waals surface area contributed by atoms with Crippen LogP contribution < -0.4 is 0 Å². The van der Waals surface area contributed by atoms with Crippen molar-refractivity contribution < 1.29 is 14.4 Å². The van der Waals surface area contributed by atoms with Crippen LogP contribution in [0.2, 0.25) is 0 Å². The van der Waals surface area contributed by atoms with Gasteiger partial charge in [0.15, 0.2) is 0 Å². The highest BCUT2D eigenvalue weighted by Crippen LogP contribution is 2.30. The van der Waals surface area contributed by atoms with Crippen LogP contribution in [0.15, 0.2) is 35.0 Å². The van der Waals surface area contributed by atoms with Crippen LogP contribution in [-0.4, -0.2) is 34.8 Å². The Labute approximate surface area is 126 Å². The van der Waals surface area contributed by atoms with Gasteiger partial charge in [0, 0.05) is 18.2 Å². The molecule has 0 spiro atoms. The van der Waals surface area contributed by atoms with E-state index in [0.29, 0.717) is 0 Å². The maximum atomic E-state index is 12.4. The number of hydrogen-bond donors (Lipinski definition) is 0. The lowest BCUT2D eigenvalue weighted by molar-refractivity contribution is -0.127. The Kier molecular flexibility index (Phi) is 3.97. The van der Waals surface area contributed by atoms with Gasteiger partial charge in [-0.05, 0) is 6.92 Å². The molecule has 0 radical (unpaired) electrons. The molecule has 1 aromatic rings. The summed E-state index contributed by atoms with van der Waals surface area (Å²) < 4.78 is 0. The predicted octanol–water partition coefficient (Wildman–Crippen LogP) is 2.60. The number of hydrogen-bond acceptors (Lipinski definition) is 3. The molecule has 1 unspecified atom stereocenters. The molecule has 20 heavy (non-hydrogen) atoms. The van der Waals surface area contributed by atoms with Crippen LogP contribution in [0, 0.1) is 0 Å². The number of carbonyl (C=O) groups is 3. The molecule has 0 aliphatic heterocycles. The van der Waals surface area contributed by atoms with Crippen LogP contribution in [0.1, 0.15) is 27.6 Å². The molecule has 1 aromatic carbocycles. The quantitative estimate of drug-likeness (QED) is 0.789. The highest BCUT2D eigenvalue weighted by atomic mass is 35.5. The van der Waals surface area contributed by atoms with Gasteiger partial charge in [-0.15, -0.1) is 11.6 Å². The third kappa shape index (κ3) is 2.25. The standard InChI is InChI=1S/C14H11Cl2NO3/c1-7(15)14(20)17(2)11-10(16)12(18)8-5-3-4-6-9(8)13(11)19/h3-7H,1-2H3. The molecular formula is C14H11Cl2NO3. The molecule has 6 heteroatoms. The number of ketones is 2. The summed E-state index contributed by atoms with van der Waals surface area (Å²) in [5.74, 6) is -1.43. The highest BCUT2D eigenvalue weighted by Gasteiger charge is 2.35. The van der Waals surface area contributed by atoms with Gasteiger partial charge in [0.2, 0.25) is 17.5 Å². The van der Waals surface area contributed by atoms with Crippen molar-refractivity contribution >= 4 is 40.7 Å². The first-order valence-electron chi connectivity index (χ1n) is 5.86. The fourth-order valence-electron chi connectivity index (χ4n) is 2.01. The molecule has 0 aromatic heterocycles. The van der Waals surface area contributed by atoms with E-state index < -0.39 is 22.9 Å². The Morgan fingerprint density at radius 3 is 2.15 bits per heavy atom. The lowest BCUT2D eigenvalue weighted by Crippen LogP contribution is -2.37. The maximum absolute atomic E-state index is 12.4. The van der Waals surface area contributed by atoms with E-state index >= 15 is 0 Å². The van der Waals surface area contributed by atoms with Crippen molar-refractivity contribution in [3.05, 3.63) is 46.1 Å². The monoisotopic (exact) mass is 311 g/mol. The minimum Gasteiger partial charge on any atom is -0.309 e. The van der Waals surface area contributed by atoms with Crippen molar-refractivity contribution in [1.82, 2.24) is 4.90 Å². The molecule has 1 aliphatic carbocycles. The number of alkyl halides is 1. The van der Waals surface area contributed by atoms with Crippen LogP contribution in [0.5, 0.6) is 0 Å². The molecular weight excluding hydrogens is 301 g/mol. The third-order valence-corrected chi connectivity index (χ3v) is 3.58. The van der Waals surface area contributed by atoms with Gasteiger partial charge in [-0.3, -0.25) is 14.4 Å². The van der Waals surface area contributed by atoms with Crippen molar-refractivity contribution in [2.24, 2.45) is 0 Å². The van der Waals surface area contributed by atoms with Crippen LogP contribution >= 0.6 is 23.2 Å². The van der Waals surface area contributed by atoms with Crippen LogP contribution in [-0.2, 0) is 4.79 Å². The summed E-state index contributed by atoms with van der Waals surface area (Å²) in [6.07, 6.45) is 0. The smallest absolute Gasteiger partial charge is 0.244 e. The first kappa shape index (κ1) is 14.8. The van der Waals surface area contributed by atoms with E-state index in [2.05, 4.69) is 0 Å². The summed E-state index contributed by atoms with van der Waals surface area (Å²) in [6, 6.07) is 6.35. The molecule has 0 heterocycles. The van der Waals surface area contributed by atoms with Crippen LogP contribution in [0.4, 0.5) is 0 Å². The molecule has 4 nitrogen and oxygen atoms in total. The largest absolute Gasteiger partial charge is 0.309 e. The molecule has 0 saturated heterocycles. The number of nitrogens with zero attached hydrogens (tertiary/aromatic N) is 1. The zero-order valence-electron chi connectivity index (χ0n) is 10.8. The molecule has 0 N–H and O–H groups in total. The topological polar surface area (TPSA) is 54.5 Å². The molecule has 1 amide bonds. The summed E-state index contributed by atoms with van der Waals surface area (Å²) in [6.45, 7) is 1.48. The molecule has 2 rings (SSSR count). The van der Waals surface area contributed by atoms with Gasteiger partial charge in [0.05, 0.1) is 0 Å². The molecule has 1 aliphatic rings. The fraction of sp³-hybridized carbons (Fsp3) is 0.214. The van der Waals surface area contributed by atoms with E-state index in [1.807, 2.05) is 0 Å². The van der Waals surface area contributed by atoms with E-state index in [9.17, 15) is 14.4 Å². The molecule has 1 atom stereocenters. The Morgan fingerprint density at radius 1 is 1.15 bits per heavy atom. The summed E-state index contributed by atoms with van der Waals surface area (Å²) in [5.41, 5.74) is 0.345. The Hall–Kier alpha value is -1.65. The van der Waals surface area contributed by atoms with Gasteiger partial charge in [0.1, 0.15) is 16.1 Å². The van der Waals surface area contributed by atoms with Gasteiger partial charge in [-0.1, -0.05) is 35.9 Å². The van der Waals surface area contributed by atoms with E-state index in [1.54, 1.807) is 12.1 Å². The van der Waals surface area contributed by atoms with Crippen molar-refractivity contribution in [3.8, 4) is 0 Å². The second-order valence-electron chi connectivity index (χ2n) is 4.38. The predicted molar refractivity (Wildman–Crippen MR) is 76.1 cm³/mol. The van der Waals surface area contributed by atoms with Gasteiger partial charge in [-0.2, -0.15) is 0 Å². The van der Waals surface area contributed by atoms with E-state index in [1.165, 1.54) is 26.1 Å². The fourth-order valence-corrected chi connectivity index (χ4v) is 2.47. The van der Waals surface area contributed by atoms with Crippen molar-refractivity contribution in [2.75, 3.05) is 7.05 Å². The van der Waals surface area contributed by atoms with Gasteiger partial charge < -0.3 is 4.90 Å². The first-order valence-corrected chi connectivity index (χ1v) is 6.67. The van der Waals surface area contributed by atoms with E-state index in [-0.39, 0.29) is 21.9 Å². The van der Waals surface area contributed by atoms with Crippen LogP contribution in [0.3, 0.4) is 0 Å². The summed E-state index contributed by atoms with van der Waals surface area (Å²) in [7, 11) is 1.37. The Morgan fingerprint density at radius 2 is 1.65 bits per heavy atom. The minimum absolute atomic E-state index is 0.132. The third-order valence-electron chi connectivity index (χ3n) is 3.04. The number of Topliss-reactive ketones (excluding diaryl/α,β-unsaturated/α-hetero) is 2. The second-order valence-corrected chi connectivity index (χ2v) is 5.41. The number of fused-ring (bicyclic) bond motifs is 1.